The van der Waals surface area contributed by atoms with Crippen LogP contribution in [-0.2, 0) is 71.3 Å². The van der Waals surface area contributed by atoms with Crippen LogP contribution < -0.4 is 11.1 Å². The highest BCUT2D eigenvalue weighted by atomic mass is 16.6. The van der Waals surface area contributed by atoms with E-state index in [1.54, 1.807) is 40.9 Å². The molecule has 1 aliphatic carbocycles. The summed E-state index contributed by atoms with van der Waals surface area (Å²) >= 11 is 0. The van der Waals surface area contributed by atoms with Crippen molar-refractivity contribution in [3.63, 3.8) is 0 Å². The van der Waals surface area contributed by atoms with Crippen molar-refractivity contribution in [2.24, 2.45) is 35.3 Å². The molecule has 0 aromatic heterocycles. The fraction of sp³-hybridized carbons (Fsp3) is 0.770. The predicted octanol–water partition coefficient (Wildman–Crippen LogP) is 5.69. The number of ether oxygens (including phenoxy) is 10. The van der Waals surface area contributed by atoms with Crippen molar-refractivity contribution in [2.45, 2.75) is 186 Å². The number of Topliss-reactive ketones (excluding diaryl/α,β-unsaturated/α-hetero) is 3. The van der Waals surface area contributed by atoms with Crippen LogP contribution in [0.3, 0.4) is 0 Å². The molecular formula is C61H99N3O18. The number of rotatable bonds is 20. The van der Waals surface area contributed by atoms with Gasteiger partial charge in [-0.1, -0.05) is 64.2 Å². The summed E-state index contributed by atoms with van der Waals surface area (Å²) in [4.78, 5) is 85.5. The molecule has 3 fully saturated rings. The fourth-order valence-corrected chi connectivity index (χ4v) is 11.2. The Labute approximate surface area is 486 Å². The van der Waals surface area contributed by atoms with E-state index >= 15 is 0 Å². The Morgan fingerprint density at radius 1 is 0.805 bits per heavy atom. The number of hydrogen-bond donors (Lipinski definition) is 4. The Hall–Kier alpha value is -4.26. The van der Waals surface area contributed by atoms with Crippen LogP contribution in [0, 0.1) is 29.6 Å². The van der Waals surface area contributed by atoms with E-state index in [1.165, 1.54) is 14.2 Å². The van der Waals surface area contributed by atoms with Gasteiger partial charge < -0.3 is 73.5 Å². The van der Waals surface area contributed by atoms with Crippen LogP contribution in [0.4, 0.5) is 4.79 Å². The molecule has 0 aromatic carbocycles. The van der Waals surface area contributed by atoms with Gasteiger partial charge in [0.2, 0.25) is 5.79 Å². The monoisotopic (exact) mass is 1160 g/mol. The third kappa shape index (κ3) is 22.0. The second-order valence-corrected chi connectivity index (χ2v) is 22.6. The minimum atomic E-state index is -2.48. The molecule has 3 aliphatic heterocycles. The van der Waals surface area contributed by atoms with Crippen molar-refractivity contribution in [1.82, 2.24) is 10.2 Å². The van der Waals surface area contributed by atoms with Crippen LogP contribution >= 0.6 is 0 Å². The standard InChI is InChI=1S/C61H99N3O18/c1-11-76-27-28-78-31-32-79-30-29-77-26-24-63-60(71)81-50-23-21-45(36-53(50)74-9)35-47(62)52-38-49(65)41(4)34-43(6)55(67)56(75-10)54(66)42(5)33-39(2)17-13-12-14-18-40(3)51(73-8)37-46-22-20-44(7)61(72,82-46)57(68)58(69)64-25-16-15-19-48(64)59(70)80-52/h12-14,17-18,34,39,41-42,44-48,50-53,55-56,67,72H,11,15-16,19-33,35-38,62H2,1-10H3,(H,63,71)/b14-12+,17-13+,40-18+,43-34+/t39-,41-,42-,44-,45+,46+,47-,48+,50-,51+,52+,53-,55-,56+,61-/m1/s1. The minimum Gasteiger partial charge on any atom is -0.459 e. The number of carbonyl (C=O) groups is 6. The van der Waals surface area contributed by atoms with E-state index in [1.807, 2.05) is 51.2 Å². The van der Waals surface area contributed by atoms with Gasteiger partial charge in [-0.05, 0) is 108 Å². The minimum absolute atomic E-state index is 0.0140. The molecule has 21 heteroatoms. The quantitative estimate of drug-likeness (QED) is 0.0493. The van der Waals surface area contributed by atoms with Crippen LogP contribution in [0.1, 0.15) is 126 Å². The number of carbonyl (C=O) groups excluding carboxylic acids is 6. The summed E-state index contributed by atoms with van der Waals surface area (Å²) in [6.45, 7) is 16.3. The van der Waals surface area contributed by atoms with E-state index in [-0.39, 0.29) is 68.8 Å². The normalized spacial score (nSPS) is 34.4. The maximum absolute atomic E-state index is 14.6. The van der Waals surface area contributed by atoms with Crippen LogP contribution in [0.15, 0.2) is 47.6 Å². The summed E-state index contributed by atoms with van der Waals surface area (Å²) in [5.74, 6) is -8.51. The molecule has 2 saturated heterocycles. The second kappa shape index (κ2) is 36.6. The third-order valence-electron chi connectivity index (χ3n) is 16.3. The molecule has 466 valence electrons. The highest BCUT2D eigenvalue weighted by Gasteiger charge is 2.53. The molecule has 5 N–H and O–H groups in total. The zero-order chi connectivity index (χ0) is 60.4. The van der Waals surface area contributed by atoms with Gasteiger partial charge in [-0.2, -0.15) is 0 Å². The lowest BCUT2D eigenvalue weighted by molar-refractivity contribution is -0.265. The SMILES string of the molecule is CCOCCOCCOCCOCCNC(=O)O[C@@H]1CC[C@@H](C[C@@H](N)[C@@H]2CC(=O)[C@H](C)/C=C(\C)[C@@H](O)[C@@H](OC)C(=O)[C@H](C)C[C@H](C)/C=C/C=C/C=C(\C)[C@@H](OC)C[C@@H]3CC[C@@H](C)[C@@](O)(O3)C(=O)C(=O)N3CCCC[C@H]3C(=O)O2)C[C@H]1OC. The van der Waals surface area contributed by atoms with E-state index in [2.05, 4.69) is 5.32 Å². The number of ketones is 3. The van der Waals surface area contributed by atoms with Gasteiger partial charge >= 0.3 is 12.1 Å². The first-order chi connectivity index (χ1) is 39.2. The van der Waals surface area contributed by atoms with Crippen LogP contribution in [-0.4, -0.2) is 198 Å². The summed E-state index contributed by atoms with van der Waals surface area (Å²) in [5, 5.41) is 26.3. The summed E-state index contributed by atoms with van der Waals surface area (Å²) in [5.41, 5.74) is 8.18. The van der Waals surface area contributed by atoms with Crippen molar-refractivity contribution in [3.8, 4) is 0 Å². The molecule has 0 spiro atoms. The maximum Gasteiger partial charge on any atom is 0.407 e. The van der Waals surface area contributed by atoms with Gasteiger partial charge in [-0.3, -0.25) is 19.2 Å². The lowest BCUT2D eigenvalue weighted by Gasteiger charge is -2.42. The van der Waals surface area contributed by atoms with Crippen LogP contribution in [0.5, 0.6) is 0 Å². The molecule has 3 heterocycles. The van der Waals surface area contributed by atoms with Gasteiger partial charge in [0.1, 0.15) is 36.2 Å². The first-order valence-electron chi connectivity index (χ1n) is 29.7. The smallest absolute Gasteiger partial charge is 0.407 e. The highest BCUT2D eigenvalue weighted by molar-refractivity contribution is 6.39. The largest absolute Gasteiger partial charge is 0.459 e. The third-order valence-corrected chi connectivity index (χ3v) is 16.3. The molecule has 1 saturated carbocycles. The van der Waals surface area contributed by atoms with E-state index in [0.29, 0.717) is 103 Å². The first-order valence-corrected chi connectivity index (χ1v) is 29.7. The molecule has 2 amide bonds. The average molecular weight is 1160 g/mol. The van der Waals surface area contributed by atoms with Crippen LogP contribution in [0.25, 0.3) is 0 Å². The molecule has 0 aromatic rings. The summed E-state index contributed by atoms with van der Waals surface area (Å²) in [6.07, 6.45) is 8.56. The summed E-state index contributed by atoms with van der Waals surface area (Å²) < 4.78 is 57.2. The zero-order valence-electron chi connectivity index (χ0n) is 50.6. The Morgan fingerprint density at radius 3 is 2.15 bits per heavy atom. The van der Waals surface area contributed by atoms with Crippen LogP contribution in [0.2, 0.25) is 0 Å². The van der Waals surface area contributed by atoms with E-state index in [9.17, 15) is 39.0 Å². The van der Waals surface area contributed by atoms with Crippen molar-refractivity contribution in [1.29, 1.82) is 0 Å². The number of aliphatic hydroxyl groups is 2. The van der Waals surface area contributed by atoms with E-state index in [4.69, 9.17) is 53.1 Å². The number of alkyl carbamates (subject to hydrolysis) is 1. The first kappa shape index (κ1) is 70.2. The Morgan fingerprint density at radius 2 is 1.49 bits per heavy atom. The number of nitrogens with zero attached hydrogens (tertiary/aromatic N) is 1. The number of piperidine rings is 1. The molecule has 82 heavy (non-hydrogen) atoms. The van der Waals surface area contributed by atoms with Gasteiger partial charge in [0.05, 0.1) is 64.6 Å². The number of aliphatic hydroxyl groups excluding tert-OH is 1. The second-order valence-electron chi connectivity index (χ2n) is 22.6. The lowest BCUT2D eigenvalue weighted by atomic mass is 9.80. The molecule has 15 atom stereocenters. The number of methoxy groups -OCH3 is 3. The lowest BCUT2D eigenvalue weighted by Crippen LogP contribution is -2.61. The van der Waals surface area contributed by atoms with Gasteiger partial charge in [-0.25, -0.2) is 9.59 Å². The number of nitrogens with one attached hydrogen (secondary N) is 1. The number of hydrogen-bond acceptors (Lipinski definition) is 19. The number of allylic oxidation sites excluding steroid dienone is 6. The molecule has 21 nitrogen and oxygen atoms in total. The van der Waals surface area contributed by atoms with E-state index in [0.717, 1.165) is 10.5 Å². The number of fused-ring (bicyclic) bond motifs is 3. The predicted molar refractivity (Wildman–Crippen MR) is 305 cm³/mol. The Kier molecular flexibility index (Phi) is 31.3. The number of amides is 2. The Balaban J connectivity index is 1.53. The average Bonchev–Trinajstić information content (AvgIpc) is 3.40. The molecular weight excluding hydrogens is 1060 g/mol. The molecule has 4 rings (SSSR count). The number of nitrogens with two attached hydrogens (primary N) is 1. The summed E-state index contributed by atoms with van der Waals surface area (Å²) in [7, 11) is 4.45. The maximum atomic E-state index is 14.6. The molecule has 4 aliphatic rings. The number of esters is 1. The molecule has 0 unspecified atom stereocenters. The van der Waals surface area contributed by atoms with Crippen molar-refractivity contribution >= 4 is 35.3 Å². The van der Waals surface area contributed by atoms with Crippen molar-refractivity contribution < 1.29 is 86.3 Å². The zero-order valence-corrected chi connectivity index (χ0v) is 50.6. The van der Waals surface area contributed by atoms with Crippen molar-refractivity contribution in [2.75, 3.05) is 87.3 Å². The van der Waals surface area contributed by atoms with E-state index < -0.39 is 102 Å². The van der Waals surface area contributed by atoms with Gasteiger partial charge in [0.15, 0.2) is 5.78 Å². The van der Waals surface area contributed by atoms with Crippen molar-refractivity contribution in [3.05, 3.63) is 47.6 Å². The summed E-state index contributed by atoms with van der Waals surface area (Å²) in [6, 6.07) is -2.17. The Bertz CT molecular complexity index is 2140. The number of cyclic esters (lactones) is 1. The fourth-order valence-electron chi connectivity index (χ4n) is 11.2. The van der Waals surface area contributed by atoms with Gasteiger partial charge in [0, 0.05) is 77.7 Å². The highest BCUT2D eigenvalue weighted by Crippen LogP contribution is 2.37. The van der Waals surface area contributed by atoms with Gasteiger partial charge in [-0.15, -0.1) is 0 Å². The molecule has 0 radical (unpaired) electrons. The molecule has 2 bridgehead atoms. The van der Waals surface area contributed by atoms with Gasteiger partial charge in [0.25, 0.3) is 11.7 Å². The topological polar surface area (TPSA) is 276 Å².